The first-order chi connectivity index (χ1) is 12.5. The topological polar surface area (TPSA) is 68.0 Å². The minimum atomic E-state index is -0.931. The highest BCUT2D eigenvalue weighted by atomic mass is 35.5. The van der Waals surface area contributed by atoms with Gasteiger partial charge in [-0.3, -0.25) is 0 Å². The van der Waals surface area contributed by atoms with Gasteiger partial charge in [-0.15, -0.1) is 0 Å². The van der Waals surface area contributed by atoms with Crippen LogP contribution in [0.2, 0.25) is 5.02 Å². The second kappa shape index (κ2) is 7.46. The molecule has 0 radical (unpaired) electrons. The summed E-state index contributed by atoms with van der Waals surface area (Å²) >= 11 is 5.96. The molecule has 0 saturated carbocycles. The second-order valence-electron chi connectivity index (χ2n) is 6.48. The molecule has 1 N–H and O–H groups in total. The zero-order valence-corrected chi connectivity index (χ0v) is 15.9. The van der Waals surface area contributed by atoms with Crippen LogP contribution < -0.4 is 0 Å². The Hall–Kier alpha value is -2.40. The highest BCUT2D eigenvalue weighted by Crippen LogP contribution is 2.40. The van der Waals surface area contributed by atoms with E-state index >= 15 is 0 Å². The first kappa shape index (κ1) is 18.4. The number of rotatable bonds is 6. The average molecular weight is 372 g/mol. The summed E-state index contributed by atoms with van der Waals surface area (Å²) in [6.45, 7) is 4.35. The van der Waals surface area contributed by atoms with Crippen molar-refractivity contribution < 1.29 is 9.90 Å². The smallest absolute Gasteiger partial charge is 0.335 e. The normalized spacial score (nSPS) is 12.5. The van der Waals surface area contributed by atoms with Gasteiger partial charge in [0.05, 0.1) is 16.3 Å². The van der Waals surface area contributed by atoms with Crippen molar-refractivity contribution in [3.63, 3.8) is 0 Å². The van der Waals surface area contributed by atoms with Crippen LogP contribution in [-0.4, -0.2) is 25.6 Å². The van der Waals surface area contributed by atoms with Crippen LogP contribution in [0.1, 0.15) is 54.9 Å². The molecule has 5 nitrogen and oxygen atoms in total. The zero-order valence-electron chi connectivity index (χ0n) is 15.2. The van der Waals surface area contributed by atoms with Crippen LogP contribution in [0.5, 0.6) is 0 Å². The lowest BCUT2D eigenvalue weighted by Gasteiger charge is -2.16. The molecule has 136 valence electrons. The standard InChI is InChI=1S/C20H22ClN3O2/c1-4-6-12(5-2)17-15-8-7-13(20(25)26)9-16(15)24(3)18(17)19-22-10-14(21)11-23-19/h7-12H,4-6H2,1-3H3,(H,25,26). The van der Waals surface area contributed by atoms with E-state index in [2.05, 4.69) is 23.8 Å². The summed E-state index contributed by atoms with van der Waals surface area (Å²) < 4.78 is 2.00. The number of benzene rings is 1. The minimum Gasteiger partial charge on any atom is -0.478 e. The van der Waals surface area contributed by atoms with Gasteiger partial charge >= 0.3 is 5.97 Å². The number of hydrogen-bond acceptors (Lipinski definition) is 3. The molecule has 0 aliphatic heterocycles. The van der Waals surface area contributed by atoms with Crippen molar-refractivity contribution in [1.29, 1.82) is 0 Å². The maximum atomic E-state index is 11.4. The van der Waals surface area contributed by atoms with Crippen LogP contribution in [0.25, 0.3) is 22.4 Å². The SMILES string of the molecule is CCCC(CC)c1c(-c2ncc(Cl)cn2)n(C)c2cc(C(=O)O)ccc12. The number of hydrogen-bond donors (Lipinski definition) is 1. The lowest BCUT2D eigenvalue weighted by molar-refractivity contribution is 0.0697. The predicted molar refractivity (Wildman–Crippen MR) is 104 cm³/mol. The first-order valence-corrected chi connectivity index (χ1v) is 9.19. The molecule has 6 heteroatoms. The molecule has 3 aromatic rings. The summed E-state index contributed by atoms with van der Waals surface area (Å²) in [5.74, 6) is 0.0303. The molecule has 0 spiro atoms. The van der Waals surface area contributed by atoms with Crippen LogP contribution in [0.15, 0.2) is 30.6 Å². The van der Waals surface area contributed by atoms with Crippen LogP contribution in [0, 0.1) is 0 Å². The Bertz CT molecular complexity index is 948. The van der Waals surface area contributed by atoms with Crippen molar-refractivity contribution in [3.8, 4) is 11.5 Å². The third-order valence-electron chi connectivity index (χ3n) is 4.86. The van der Waals surface area contributed by atoms with Crippen molar-refractivity contribution >= 4 is 28.5 Å². The van der Waals surface area contributed by atoms with Crippen molar-refractivity contribution in [3.05, 3.63) is 46.7 Å². The molecule has 1 atom stereocenters. The van der Waals surface area contributed by atoms with Crippen molar-refractivity contribution in [1.82, 2.24) is 14.5 Å². The number of aryl methyl sites for hydroxylation is 1. The number of carboxylic acids is 1. The molecule has 1 aromatic carbocycles. The minimum absolute atomic E-state index is 0.275. The van der Waals surface area contributed by atoms with Crippen LogP contribution >= 0.6 is 11.6 Å². The maximum Gasteiger partial charge on any atom is 0.335 e. The number of carboxylic acid groups (broad SMARTS) is 1. The number of aromatic nitrogens is 3. The molecular weight excluding hydrogens is 350 g/mol. The predicted octanol–water partition coefficient (Wildman–Crippen LogP) is 5.28. The Morgan fingerprint density at radius 3 is 2.54 bits per heavy atom. The fourth-order valence-corrected chi connectivity index (χ4v) is 3.72. The highest BCUT2D eigenvalue weighted by molar-refractivity contribution is 6.30. The van der Waals surface area contributed by atoms with Crippen molar-refractivity contribution in [2.45, 2.75) is 39.0 Å². The molecule has 3 rings (SSSR count). The number of halogens is 1. The van der Waals surface area contributed by atoms with Gasteiger partial charge in [-0.2, -0.15) is 0 Å². The Kier molecular flexibility index (Phi) is 5.28. The largest absolute Gasteiger partial charge is 0.478 e. The molecular formula is C20H22ClN3O2. The van der Waals surface area contributed by atoms with Gasteiger partial charge < -0.3 is 9.67 Å². The van der Waals surface area contributed by atoms with E-state index in [0.29, 0.717) is 16.8 Å². The number of nitrogens with zero attached hydrogens (tertiary/aromatic N) is 3. The first-order valence-electron chi connectivity index (χ1n) is 8.81. The second-order valence-corrected chi connectivity index (χ2v) is 6.91. The molecule has 2 heterocycles. The molecule has 0 fully saturated rings. The molecule has 0 amide bonds. The Labute approximate surface area is 157 Å². The molecule has 26 heavy (non-hydrogen) atoms. The van der Waals surface area contributed by atoms with Crippen LogP contribution in [0.3, 0.4) is 0 Å². The Balaban J connectivity index is 2.34. The molecule has 1 unspecified atom stereocenters. The lowest BCUT2D eigenvalue weighted by Crippen LogP contribution is -2.03. The summed E-state index contributed by atoms with van der Waals surface area (Å²) in [6, 6.07) is 5.30. The average Bonchev–Trinajstić information content (AvgIpc) is 2.92. The monoisotopic (exact) mass is 371 g/mol. The summed E-state index contributed by atoms with van der Waals surface area (Å²) in [5, 5.41) is 10.9. The quantitative estimate of drug-likeness (QED) is 0.640. The number of fused-ring (bicyclic) bond motifs is 1. The number of aromatic carboxylic acids is 1. The van der Waals surface area contributed by atoms with E-state index in [1.54, 1.807) is 24.5 Å². The molecule has 0 aliphatic carbocycles. The van der Waals surface area contributed by atoms with E-state index in [4.69, 9.17) is 11.6 Å². The van der Waals surface area contributed by atoms with E-state index in [9.17, 15) is 9.90 Å². The maximum absolute atomic E-state index is 11.4. The van der Waals surface area contributed by atoms with E-state index in [0.717, 1.165) is 35.9 Å². The van der Waals surface area contributed by atoms with Crippen molar-refractivity contribution in [2.24, 2.45) is 7.05 Å². The number of carbonyl (C=O) groups is 1. The third-order valence-corrected chi connectivity index (χ3v) is 5.05. The van der Waals surface area contributed by atoms with Gasteiger partial charge in [0.25, 0.3) is 0 Å². The van der Waals surface area contributed by atoms with E-state index in [-0.39, 0.29) is 5.56 Å². The van der Waals surface area contributed by atoms with Crippen molar-refractivity contribution in [2.75, 3.05) is 0 Å². The summed E-state index contributed by atoms with van der Waals surface area (Å²) in [4.78, 5) is 20.2. The van der Waals surface area contributed by atoms with E-state index in [1.165, 1.54) is 5.56 Å². The molecule has 0 bridgehead atoms. The van der Waals surface area contributed by atoms with Gasteiger partial charge in [0.1, 0.15) is 0 Å². The fourth-order valence-electron chi connectivity index (χ4n) is 3.62. The van der Waals surface area contributed by atoms with Crippen LogP contribution in [0.4, 0.5) is 0 Å². The molecule has 0 saturated heterocycles. The zero-order chi connectivity index (χ0) is 18.8. The lowest BCUT2D eigenvalue weighted by atomic mass is 9.89. The third kappa shape index (κ3) is 3.19. The Morgan fingerprint density at radius 1 is 1.27 bits per heavy atom. The summed E-state index contributed by atoms with van der Waals surface area (Å²) in [5.41, 5.74) is 3.27. The van der Waals surface area contributed by atoms with E-state index in [1.807, 2.05) is 17.7 Å². The van der Waals surface area contributed by atoms with Gasteiger partial charge in [-0.05, 0) is 36.5 Å². The van der Waals surface area contributed by atoms with Gasteiger partial charge in [0.2, 0.25) is 0 Å². The van der Waals surface area contributed by atoms with Gasteiger partial charge in [-0.25, -0.2) is 14.8 Å². The van der Waals surface area contributed by atoms with Gasteiger partial charge in [0, 0.05) is 30.3 Å². The Morgan fingerprint density at radius 2 is 1.96 bits per heavy atom. The summed E-state index contributed by atoms with van der Waals surface area (Å²) in [7, 11) is 1.93. The highest BCUT2D eigenvalue weighted by Gasteiger charge is 2.24. The van der Waals surface area contributed by atoms with Gasteiger partial charge in [0.15, 0.2) is 5.82 Å². The van der Waals surface area contributed by atoms with Gasteiger partial charge in [-0.1, -0.05) is 37.9 Å². The van der Waals surface area contributed by atoms with Crippen LogP contribution in [-0.2, 0) is 7.05 Å². The fraction of sp³-hybridized carbons (Fsp3) is 0.350. The van der Waals surface area contributed by atoms with E-state index < -0.39 is 5.97 Å². The molecule has 2 aromatic heterocycles. The summed E-state index contributed by atoms with van der Waals surface area (Å²) in [6.07, 6.45) is 6.30. The molecule has 0 aliphatic rings.